The van der Waals surface area contributed by atoms with E-state index in [0.717, 1.165) is 62.2 Å². The van der Waals surface area contributed by atoms with Gasteiger partial charge in [-0.15, -0.1) is 0 Å². The third kappa shape index (κ3) is 6.92. The molecule has 1 saturated heterocycles. The Balaban J connectivity index is 2.05. The van der Waals surface area contributed by atoms with E-state index in [2.05, 4.69) is 49.6 Å². The molecule has 152 valence electrons. The molecule has 2 rings (SSSR count). The summed E-state index contributed by atoms with van der Waals surface area (Å²) in [5.41, 5.74) is 2.32. The van der Waals surface area contributed by atoms with E-state index in [1.165, 1.54) is 5.56 Å². The number of nitrogens with zero attached hydrogens (tertiary/aromatic N) is 1. The van der Waals surface area contributed by atoms with Gasteiger partial charge in [-0.05, 0) is 51.0 Å². The molecule has 0 unspecified atom stereocenters. The van der Waals surface area contributed by atoms with Crippen molar-refractivity contribution in [3.05, 3.63) is 29.3 Å². The summed E-state index contributed by atoms with van der Waals surface area (Å²) in [4.78, 5) is 4.81. The molecule has 1 fully saturated rings. The first kappa shape index (κ1) is 21.9. The molecule has 0 saturated carbocycles. The fourth-order valence-corrected chi connectivity index (χ4v) is 4.50. The van der Waals surface area contributed by atoms with Crippen LogP contribution in [0.3, 0.4) is 0 Å². The van der Waals surface area contributed by atoms with Crippen molar-refractivity contribution in [3.8, 4) is 5.75 Å². The topological polar surface area (TPSA) is 54.9 Å². The van der Waals surface area contributed by atoms with Gasteiger partial charge in [0.05, 0.1) is 13.2 Å². The molecule has 1 aliphatic heterocycles. The zero-order valence-corrected chi connectivity index (χ0v) is 18.1. The van der Waals surface area contributed by atoms with Crippen LogP contribution in [0.2, 0.25) is 0 Å². The number of hydrogen-bond donors (Lipinski definition) is 2. The Labute approximate surface area is 168 Å². The predicted octanol–water partition coefficient (Wildman–Crippen LogP) is 3.75. The molecule has 0 atom stereocenters. The summed E-state index contributed by atoms with van der Waals surface area (Å²) in [6.07, 6.45) is 2.18. The maximum atomic E-state index is 5.79. The lowest BCUT2D eigenvalue weighted by molar-refractivity contribution is 0.0782. The second-order valence-electron chi connectivity index (χ2n) is 6.82. The standard InChI is InChI=1S/C21H35N3O2S/c1-5-22-20(24-16-21(27-7-3)10-12-25-13-11-21)23-15-18-9-8-17(4)14-19(18)26-6-2/h8-9,14H,5-7,10-13,15-16H2,1-4H3,(H2,22,23,24). The molecule has 0 amide bonds. The molecule has 27 heavy (non-hydrogen) atoms. The summed E-state index contributed by atoms with van der Waals surface area (Å²) in [7, 11) is 0. The van der Waals surface area contributed by atoms with Crippen molar-refractivity contribution in [1.82, 2.24) is 10.6 Å². The van der Waals surface area contributed by atoms with Crippen LogP contribution in [-0.4, -0.2) is 49.4 Å². The van der Waals surface area contributed by atoms with Crippen LogP contribution in [0.4, 0.5) is 0 Å². The van der Waals surface area contributed by atoms with Crippen LogP contribution in [0, 0.1) is 6.92 Å². The normalized spacial score (nSPS) is 16.8. The van der Waals surface area contributed by atoms with Crippen LogP contribution in [0.25, 0.3) is 0 Å². The molecule has 1 heterocycles. The molecule has 1 aromatic rings. The molecule has 0 bridgehead atoms. The first-order valence-electron chi connectivity index (χ1n) is 10.1. The van der Waals surface area contributed by atoms with Crippen molar-refractivity contribution in [2.45, 2.75) is 51.8 Å². The zero-order valence-electron chi connectivity index (χ0n) is 17.3. The van der Waals surface area contributed by atoms with E-state index in [-0.39, 0.29) is 4.75 Å². The van der Waals surface area contributed by atoms with Gasteiger partial charge in [-0.2, -0.15) is 11.8 Å². The average Bonchev–Trinajstić information content (AvgIpc) is 2.66. The van der Waals surface area contributed by atoms with Gasteiger partial charge in [0.2, 0.25) is 0 Å². The van der Waals surface area contributed by atoms with Gasteiger partial charge < -0.3 is 20.1 Å². The van der Waals surface area contributed by atoms with Crippen LogP contribution in [0.1, 0.15) is 44.7 Å². The molecule has 1 aromatic carbocycles. The number of aryl methyl sites for hydroxylation is 1. The highest BCUT2D eigenvalue weighted by Gasteiger charge is 2.32. The van der Waals surface area contributed by atoms with E-state index in [1.807, 2.05) is 18.7 Å². The largest absolute Gasteiger partial charge is 0.494 e. The van der Waals surface area contributed by atoms with Crippen molar-refractivity contribution in [3.63, 3.8) is 0 Å². The number of thioether (sulfide) groups is 1. The third-order valence-corrected chi connectivity index (χ3v) is 6.16. The van der Waals surface area contributed by atoms with E-state index >= 15 is 0 Å². The van der Waals surface area contributed by atoms with Crippen molar-refractivity contribution < 1.29 is 9.47 Å². The molecule has 0 aromatic heterocycles. The molecular formula is C21H35N3O2S. The fourth-order valence-electron chi connectivity index (χ4n) is 3.25. The van der Waals surface area contributed by atoms with Crippen LogP contribution in [-0.2, 0) is 11.3 Å². The minimum Gasteiger partial charge on any atom is -0.494 e. The van der Waals surface area contributed by atoms with E-state index in [9.17, 15) is 0 Å². The predicted molar refractivity (Wildman–Crippen MR) is 116 cm³/mol. The molecule has 5 nitrogen and oxygen atoms in total. The monoisotopic (exact) mass is 393 g/mol. The second-order valence-corrected chi connectivity index (χ2v) is 8.55. The van der Waals surface area contributed by atoms with Crippen molar-refractivity contribution in [2.75, 3.05) is 38.7 Å². The Hall–Kier alpha value is -1.40. The smallest absolute Gasteiger partial charge is 0.191 e. The molecule has 0 spiro atoms. The van der Waals surface area contributed by atoms with Gasteiger partial charge in [-0.3, -0.25) is 0 Å². The second kappa shape index (κ2) is 11.4. The number of hydrogen-bond acceptors (Lipinski definition) is 4. The van der Waals surface area contributed by atoms with Crippen molar-refractivity contribution in [2.24, 2.45) is 4.99 Å². The lowest BCUT2D eigenvalue weighted by Crippen LogP contribution is -2.48. The minimum atomic E-state index is 0.240. The van der Waals surface area contributed by atoms with E-state index in [4.69, 9.17) is 14.5 Å². The zero-order chi connectivity index (χ0) is 19.5. The number of ether oxygens (including phenoxy) is 2. The van der Waals surface area contributed by atoms with E-state index in [1.54, 1.807) is 0 Å². The van der Waals surface area contributed by atoms with Crippen molar-refractivity contribution in [1.29, 1.82) is 0 Å². The first-order valence-corrected chi connectivity index (χ1v) is 11.1. The first-order chi connectivity index (χ1) is 13.1. The molecular weight excluding hydrogens is 358 g/mol. The minimum absolute atomic E-state index is 0.240. The third-order valence-electron chi connectivity index (χ3n) is 4.71. The Morgan fingerprint density at radius 3 is 2.67 bits per heavy atom. The summed E-state index contributed by atoms with van der Waals surface area (Å²) < 4.78 is 11.6. The van der Waals surface area contributed by atoms with E-state index < -0.39 is 0 Å². The van der Waals surface area contributed by atoms with Gasteiger partial charge in [-0.1, -0.05) is 19.1 Å². The summed E-state index contributed by atoms with van der Waals surface area (Å²) in [6, 6.07) is 6.31. The van der Waals surface area contributed by atoms with Gasteiger partial charge in [0, 0.05) is 36.6 Å². The summed E-state index contributed by atoms with van der Waals surface area (Å²) in [5.74, 6) is 2.92. The fraction of sp³-hybridized carbons (Fsp3) is 0.667. The lowest BCUT2D eigenvalue weighted by atomic mass is 9.99. The SMILES string of the molecule is CCNC(=NCc1ccc(C)cc1OCC)NCC1(SCC)CCOCC1. The summed E-state index contributed by atoms with van der Waals surface area (Å²) in [6.45, 7) is 13.1. The highest BCUT2D eigenvalue weighted by Crippen LogP contribution is 2.34. The lowest BCUT2D eigenvalue weighted by Gasteiger charge is -2.37. The maximum absolute atomic E-state index is 5.79. The summed E-state index contributed by atoms with van der Waals surface area (Å²) >= 11 is 2.04. The Bertz CT molecular complexity index is 596. The molecule has 0 radical (unpaired) electrons. The van der Waals surface area contributed by atoms with Gasteiger partial charge >= 0.3 is 0 Å². The Morgan fingerprint density at radius 1 is 1.22 bits per heavy atom. The molecule has 0 aliphatic carbocycles. The quantitative estimate of drug-likeness (QED) is 0.494. The van der Waals surface area contributed by atoms with Crippen LogP contribution in [0.15, 0.2) is 23.2 Å². The number of aliphatic imine (C=N–C) groups is 1. The van der Waals surface area contributed by atoms with Crippen LogP contribution >= 0.6 is 11.8 Å². The van der Waals surface area contributed by atoms with Crippen molar-refractivity contribution >= 4 is 17.7 Å². The number of rotatable bonds is 9. The highest BCUT2D eigenvalue weighted by molar-refractivity contribution is 8.00. The van der Waals surface area contributed by atoms with E-state index in [0.29, 0.717) is 13.2 Å². The highest BCUT2D eigenvalue weighted by atomic mass is 32.2. The van der Waals surface area contributed by atoms with Gasteiger partial charge in [0.25, 0.3) is 0 Å². The van der Waals surface area contributed by atoms with Gasteiger partial charge in [0.15, 0.2) is 5.96 Å². The molecule has 6 heteroatoms. The van der Waals surface area contributed by atoms with Gasteiger partial charge in [-0.25, -0.2) is 4.99 Å². The van der Waals surface area contributed by atoms with Gasteiger partial charge in [0.1, 0.15) is 5.75 Å². The molecule has 1 aliphatic rings. The molecule has 2 N–H and O–H groups in total. The van der Waals surface area contributed by atoms with Crippen LogP contribution < -0.4 is 15.4 Å². The Kier molecular flexibility index (Phi) is 9.28. The number of guanidine groups is 1. The number of benzene rings is 1. The van der Waals surface area contributed by atoms with Crippen LogP contribution in [0.5, 0.6) is 5.75 Å². The summed E-state index contributed by atoms with van der Waals surface area (Å²) in [5, 5.41) is 6.94. The average molecular weight is 394 g/mol. The Morgan fingerprint density at radius 2 is 2.00 bits per heavy atom. The number of nitrogens with one attached hydrogen (secondary N) is 2. The maximum Gasteiger partial charge on any atom is 0.191 e.